The van der Waals surface area contributed by atoms with Crippen molar-refractivity contribution in [3.8, 4) is 0 Å². The summed E-state index contributed by atoms with van der Waals surface area (Å²) in [5, 5.41) is 0. The standard InChI is InChI=1S/C20H27N5/c1-16(25-15-22-19-7-3-4-8-20(19)25)12-23-10-5-6-18(13-23)14-24-11-9-21-17(24)2/h3-4,7-9,11,15-16,18H,5-6,10,12-14H2,1-2H3/t16-,18-/m0/s1. The number of aromatic nitrogens is 4. The molecule has 1 aromatic carbocycles. The van der Waals surface area contributed by atoms with Crippen LogP contribution in [-0.4, -0.2) is 43.6 Å². The fourth-order valence-electron chi connectivity index (χ4n) is 4.13. The van der Waals surface area contributed by atoms with Crippen molar-refractivity contribution >= 4 is 11.0 Å². The number of nitrogens with zero attached hydrogens (tertiary/aromatic N) is 5. The van der Waals surface area contributed by atoms with E-state index in [4.69, 9.17) is 0 Å². The molecular formula is C20H27N5. The van der Waals surface area contributed by atoms with Crippen LogP contribution in [0.3, 0.4) is 0 Å². The minimum Gasteiger partial charge on any atom is -0.335 e. The van der Waals surface area contributed by atoms with Gasteiger partial charge in [0.05, 0.1) is 17.4 Å². The van der Waals surface area contributed by atoms with Crippen LogP contribution in [0.1, 0.15) is 31.6 Å². The average Bonchev–Trinajstić information content (AvgIpc) is 3.22. The van der Waals surface area contributed by atoms with Crippen molar-refractivity contribution in [2.75, 3.05) is 19.6 Å². The molecule has 0 radical (unpaired) electrons. The molecule has 0 spiro atoms. The Labute approximate surface area is 149 Å². The maximum absolute atomic E-state index is 4.54. The quantitative estimate of drug-likeness (QED) is 0.715. The highest BCUT2D eigenvalue weighted by Crippen LogP contribution is 2.23. The van der Waals surface area contributed by atoms with Crippen LogP contribution in [0.2, 0.25) is 0 Å². The Hall–Kier alpha value is -2.14. The van der Waals surface area contributed by atoms with Gasteiger partial charge in [-0.3, -0.25) is 0 Å². The zero-order chi connectivity index (χ0) is 17.2. The van der Waals surface area contributed by atoms with Crippen molar-refractivity contribution in [2.45, 2.75) is 39.3 Å². The lowest BCUT2D eigenvalue weighted by atomic mass is 9.97. The van der Waals surface area contributed by atoms with Gasteiger partial charge in [-0.05, 0) is 51.3 Å². The third-order valence-corrected chi connectivity index (χ3v) is 5.46. The lowest BCUT2D eigenvalue weighted by Gasteiger charge is -2.35. The largest absolute Gasteiger partial charge is 0.335 e. The van der Waals surface area contributed by atoms with Crippen LogP contribution in [0.25, 0.3) is 11.0 Å². The van der Waals surface area contributed by atoms with Crippen LogP contribution >= 0.6 is 0 Å². The normalized spacial score (nSPS) is 20.2. The molecule has 25 heavy (non-hydrogen) atoms. The molecule has 3 heterocycles. The summed E-state index contributed by atoms with van der Waals surface area (Å²) < 4.78 is 4.61. The van der Waals surface area contributed by atoms with Crippen LogP contribution in [-0.2, 0) is 6.54 Å². The molecule has 4 rings (SSSR count). The Morgan fingerprint density at radius 3 is 2.96 bits per heavy atom. The number of aryl methyl sites for hydroxylation is 1. The lowest BCUT2D eigenvalue weighted by Crippen LogP contribution is -2.39. The van der Waals surface area contributed by atoms with E-state index < -0.39 is 0 Å². The maximum Gasteiger partial charge on any atom is 0.105 e. The second-order valence-electron chi connectivity index (χ2n) is 7.38. The number of hydrogen-bond donors (Lipinski definition) is 0. The summed E-state index contributed by atoms with van der Waals surface area (Å²) in [5.41, 5.74) is 2.32. The molecule has 132 valence electrons. The van der Waals surface area contributed by atoms with E-state index in [0.717, 1.165) is 24.4 Å². The first kappa shape index (κ1) is 16.3. The van der Waals surface area contributed by atoms with Gasteiger partial charge in [-0.25, -0.2) is 9.97 Å². The Morgan fingerprint density at radius 2 is 2.12 bits per heavy atom. The van der Waals surface area contributed by atoms with Crippen LogP contribution in [0.15, 0.2) is 43.0 Å². The number of rotatable bonds is 5. The van der Waals surface area contributed by atoms with E-state index in [2.05, 4.69) is 68.3 Å². The molecule has 0 N–H and O–H groups in total. The van der Waals surface area contributed by atoms with E-state index in [1.165, 1.54) is 31.4 Å². The second-order valence-corrected chi connectivity index (χ2v) is 7.38. The second kappa shape index (κ2) is 7.00. The Morgan fingerprint density at radius 1 is 1.24 bits per heavy atom. The van der Waals surface area contributed by atoms with Gasteiger partial charge in [-0.2, -0.15) is 0 Å². The van der Waals surface area contributed by atoms with Crippen molar-refractivity contribution in [1.82, 2.24) is 24.0 Å². The minimum absolute atomic E-state index is 0.432. The van der Waals surface area contributed by atoms with Crippen molar-refractivity contribution in [1.29, 1.82) is 0 Å². The van der Waals surface area contributed by atoms with E-state index >= 15 is 0 Å². The van der Waals surface area contributed by atoms with Crippen molar-refractivity contribution < 1.29 is 0 Å². The Balaban J connectivity index is 1.41. The molecule has 2 aromatic heterocycles. The summed E-state index contributed by atoms with van der Waals surface area (Å²) in [6.07, 6.45) is 8.61. The highest BCUT2D eigenvalue weighted by molar-refractivity contribution is 5.75. The van der Waals surface area contributed by atoms with Gasteiger partial charge in [0.2, 0.25) is 0 Å². The van der Waals surface area contributed by atoms with Gasteiger partial charge in [0.1, 0.15) is 5.82 Å². The first-order chi connectivity index (χ1) is 12.2. The third kappa shape index (κ3) is 3.47. The smallest absolute Gasteiger partial charge is 0.105 e. The van der Waals surface area contributed by atoms with Gasteiger partial charge < -0.3 is 14.0 Å². The number of fused-ring (bicyclic) bond motifs is 1. The van der Waals surface area contributed by atoms with E-state index in [0.29, 0.717) is 12.0 Å². The van der Waals surface area contributed by atoms with Crippen LogP contribution in [0, 0.1) is 12.8 Å². The number of imidazole rings is 2. The molecule has 0 amide bonds. The van der Waals surface area contributed by atoms with E-state index in [9.17, 15) is 0 Å². The summed E-state index contributed by atoms with van der Waals surface area (Å²) in [5.74, 6) is 1.84. The molecule has 1 fully saturated rings. The average molecular weight is 337 g/mol. The van der Waals surface area contributed by atoms with Gasteiger partial charge in [-0.1, -0.05) is 12.1 Å². The predicted octanol–water partition coefficient (Wildman–Crippen LogP) is 3.51. The molecule has 5 heteroatoms. The fourth-order valence-corrected chi connectivity index (χ4v) is 4.13. The molecule has 2 atom stereocenters. The Bertz CT molecular complexity index is 833. The molecule has 1 aliphatic rings. The van der Waals surface area contributed by atoms with Crippen molar-refractivity contribution in [3.05, 3.63) is 48.8 Å². The van der Waals surface area contributed by atoms with Gasteiger partial charge in [-0.15, -0.1) is 0 Å². The fraction of sp³-hybridized carbons (Fsp3) is 0.500. The molecule has 1 aliphatic heterocycles. The van der Waals surface area contributed by atoms with Crippen LogP contribution in [0.4, 0.5) is 0 Å². The topological polar surface area (TPSA) is 38.9 Å². The van der Waals surface area contributed by atoms with Gasteiger partial charge >= 0.3 is 0 Å². The zero-order valence-corrected chi connectivity index (χ0v) is 15.2. The SMILES string of the molecule is Cc1nccn1C[C@H]1CCCN(C[C@H](C)n2cnc3ccccc32)C1. The molecule has 0 bridgehead atoms. The van der Waals surface area contributed by atoms with Gasteiger partial charge in [0.15, 0.2) is 0 Å². The summed E-state index contributed by atoms with van der Waals surface area (Å²) in [6.45, 7) is 8.94. The first-order valence-corrected chi connectivity index (χ1v) is 9.32. The molecule has 3 aromatic rings. The predicted molar refractivity (Wildman–Crippen MR) is 101 cm³/mol. The van der Waals surface area contributed by atoms with Gasteiger partial charge in [0, 0.05) is 38.1 Å². The first-order valence-electron chi connectivity index (χ1n) is 9.32. The van der Waals surface area contributed by atoms with Gasteiger partial charge in [0.25, 0.3) is 0 Å². The zero-order valence-electron chi connectivity index (χ0n) is 15.2. The summed E-state index contributed by atoms with van der Waals surface area (Å²) in [6, 6.07) is 8.83. The number of likely N-dealkylation sites (tertiary alicyclic amines) is 1. The molecule has 1 saturated heterocycles. The van der Waals surface area contributed by atoms with Crippen molar-refractivity contribution in [2.24, 2.45) is 5.92 Å². The molecular weight excluding hydrogens is 310 g/mol. The molecule has 5 nitrogen and oxygen atoms in total. The summed E-state index contributed by atoms with van der Waals surface area (Å²) in [4.78, 5) is 11.5. The van der Waals surface area contributed by atoms with Crippen LogP contribution < -0.4 is 0 Å². The number of benzene rings is 1. The highest BCUT2D eigenvalue weighted by atomic mass is 15.2. The lowest BCUT2D eigenvalue weighted by molar-refractivity contribution is 0.146. The summed E-state index contributed by atoms with van der Waals surface area (Å²) >= 11 is 0. The van der Waals surface area contributed by atoms with E-state index in [1.807, 2.05) is 12.5 Å². The molecule has 0 aliphatic carbocycles. The van der Waals surface area contributed by atoms with E-state index in [-0.39, 0.29) is 0 Å². The van der Waals surface area contributed by atoms with Crippen LogP contribution in [0.5, 0.6) is 0 Å². The number of para-hydroxylation sites is 2. The molecule has 0 unspecified atom stereocenters. The van der Waals surface area contributed by atoms with E-state index in [1.54, 1.807) is 0 Å². The summed E-state index contributed by atoms with van der Waals surface area (Å²) in [7, 11) is 0. The highest BCUT2D eigenvalue weighted by Gasteiger charge is 2.22. The molecule has 0 saturated carbocycles. The third-order valence-electron chi connectivity index (χ3n) is 5.46. The Kier molecular flexibility index (Phi) is 4.57. The minimum atomic E-state index is 0.432. The number of hydrogen-bond acceptors (Lipinski definition) is 3. The monoisotopic (exact) mass is 337 g/mol. The maximum atomic E-state index is 4.54. The number of piperidine rings is 1. The van der Waals surface area contributed by atoms with Crippen molar-refractivity contribution in [3.63, 3.8) is 0 Å².